The number of nitrogens with zero attached hydrogens (tertiary/aromatic N) is 3. The van der Waals surface area contributed by atoms with Crippen LogP contribution in [-0.4, -0.2) is 16.5 Å². The molecule has 2 aromatic rings. The lowest BCUT2D eigenvalue weighted by molar-refractivity contribution is -0.384. The lowest BCUT2D eigenvalue weighted by Gasteiger charge is -2.11. The van der Waals surface area contributed by atoms with Gasteiger partial charge in [-0.1, -0.05) is 29.8 Å². The summed E-state index contributed by atoms with van der Waals surface area (Å²) in [6, 6.07) is 13.1. The molecule has 3 rings (SSSR count). The third kappa shape index (κ3) is 2.91. The van der Waals surface area contributed by atoms with E-state index in [4.69, 9.17) is 11.6 Å². The first-order valence-electron chi connectivity index (χ1n) is 7.08. The van der Waals surface area contributed by atoms with Gasteiger partial charge in [0.15, 0.2) is 0 Å². The van der Waals surface area contributed by atoms with E-state index in [1.807, 2.05) is 18.2 Å². The van der Waals surface area contributed by atoms with Gasteiger partial charge in [-0.15, -0.1) is 0 Å². The summed E-state index contributed by atoms with van der Waals surface area (Å²) in [5.74, 6) is -0.304. The van der Waals surface area contributed by atoms with Crippen molar-refractivity contribution >= 4 is 40.7 Å². The molecule has 0 saturated carbocycles. The molecule has 6 nitrogen and oxygen atoms in total. The molecule has 1 heterocycles. The van der Waals surface area contributed by atoms with Crippen LogP contribution in [0, 0.1) is 10.1 Å². The number of para-hydroxylation sites is 1. The molecule has 0 radical (unpaired) electrons. The van der Waals surface area contributed by atoms with Crippen LogP contribution >= 0.6 is 11.6 Å². The van der Waals surface area contributed by atoms with E-state index in [2.05, 4.69) is 5.10 Å². The van der Waals surface area contributed by atoms with E-state index in [9.17, 15) is 14.9 Å². The van der Waals surface area contributed by atoms with Crippen LogP contribution in [0.25, 0.3) is 6.08 Å². The Hall–Kier alpha value is -2.99. The summed E-state index contributed by atoms with van der Waals surface area (Å²) in [5.41, 5.74) is 1.83. The van der Waals surface area contributed by atoms with Crippen LogP contribution in [0.2, 0.25) is 5.02 Å². The van der Waals surface area contributed by atoms with Crippen molar-refractivity contribution in [3.8, 4) is 0 Å². The number of amides is 1. The quantitative estimate of drug-likeness (QED) is 0.480. The molecule has 2 aromatic carbocycles. The summed E-state index contributed by atoms with van der Waals surface area (Å²) in [5, 5.41) is 16.8. The Kier molecular flexibility index (Phi) is 4.14. The van der Waals surface area contributed by atoms with Gasteiger partial charge in [0.2, 0.25) is 0 Å². The number of anilines is 1. The zero-order chi connectivity index (χ0) is 17.3. The van der Waals surface area contributed by atoms with Gasteiger partial charge < -0.3 is 0 Å². The first-order chi connectivity index (χ1) is 11.5. The molecule has 0 N–H and O–H groups in total. The topological polar surface area (TPSA) is 75.8 Å². The number of nitro groups is 1. The van der Waals surface area contributed by atoms with Gasteiger partial charge in [-0.25, -0.2) is 0 Å². The van der Waals surface area contributed by atoms with Crippen molar-refractivity contribution in [1.82, 2.24) is 0 Å². The van der Waals surface area contributed by atoms with Crippen LogP contribution in [0.5, 0.6) is 0 Å². The Balaban J connectivity index is 2.00. The van der Waals surface area contributed by atoms with E-state index < -0.39 is 4.92 Å². The minimum Gasteiger partial charge on any atom is -0.267 e. The third-order valence-corrected chi connectivity index (χ3v) is 3.90. The SMILES string of the molecule is CC1=NN(c2ccccc2)C(=O)/C1=C/c1cc([N+](=O)[O-])ccc1Cl. The molecule has 7 heteroatoms. The molecular weight excluding hydrogens is 330 g/mol. The Bertz CT molecular complexity index is 891. The van der Waals surface area contributed by atoms with E-state index in [0.717, 1.165) is 0 Å². The molecule has 0 fully saturated rings. The van der Waals surface area contributed by atoms with E-state index in [1.54, 1.807) is 19.1 Å². The monoisotopic (exact) mass is 341 g/mol. The Morgan fingerprint density at radius 2 is 1.92 bits per heavy atom. The van der Waals surface area contributed by atoms with Crippen LogP contribution in [0.4, 0.5) is 11.4 Å². The Labute approximate surface area is 142 Å². The smallest absolute Gasteiger partial charge is 0.267 e. The summed E-state index contributed by atoms with van der Waals surface area (Å²) >= 11 is 6.10. The highest BCUT2D eigenvalue weighted by Crippen LogP contribution is 2.28. The van der Waals surface area contributed by atoms with Crippen molar-refractivity contribution in [3.63, 3.8) is 0 Å². The molecule has 0 spiro atoms. The highest BCUT2D eigenvalue weighted by atomic mass is 35.5. The fourth-order valence-corrected chi connectivity index (χ4v) is 2.51. The van der Waals surface area contributed by atoms with E-state index >= 15 is 0 Å². The third-order valence-electron chi connectivity index (χ3n) is 3.55. The summed E-state index contributed by atoms with van der Waals surface area (Å²) in [7, 11) is 0. The highest BCUT2D eigenvalue weighted by molar-refractivity contribution is 6.35. The van der Waals surface area contributed by atoms with Crippen molar-refractivity contribution in [1.29, 1.82) is 0 Å². The minimum atomic E-state index is -0.508. The number of benzene rings is 2. The van der Waals surface area contributed by atoms with E-state index in [-0.39, 0.29) is 11.6 Å². The number of rotatable bonds is 3. The molecule has 0 aromatic heterocycles. The molecule has 1 aliphatic heterocycles. The number of hydrazone groups is 1. The zero-order valence-corrected chi connectivity index (χ0v) is 13.4. The number of carbonyl (C=O) groups excluding carboxylic acids is 1. The van der Waals surface area contributed by atoms with Crippen molar-refractivity contribution in [2.24, 2.45) is 5.10 Å². The second kappa shape index (κ2) is 6.25. The van der Waals surface area contributed by atoms with E-state index in [1.165, 1.54) is 29.3 Å². The highest BCUT2D eigenvalue weighted by Gasteiger charge is 2.28. The van der Waals surface area contributed by atoms with Gasteiger partial charge >= 0.3 is 0 Å². The van der Waals surface area contributed by atoms with Gasteiger partial charge in [0.1, 0.15) is 0 Å². The number of hydrogen-bond acceptors (Lipinski definition) is 4. The lowest BCUT2D eigenvalue weighted by Crippen LogP contribution is -2.21. The first-order valence-corrected chi connectivity index (χ1v) is 7.46. The van der Waals surface area contributed by atoms with Crippen LogP contribution in [0.1, 0.15) is 12.5 Å². The van der Waals surface area contributed by atoms with Crippen molar-refractivity contribution in [2.45, 2.75) is 6.92 Å². The van der Waals surface area contributed by atoms with Crippen LogP contribution < -0.4 is 5.01 Å². The second-order valence-electron chi connectivity index (χ2n) is 5.16. The summed E-state index contributed by atoms with van der Waals surface area (Å²) < 4.78 is 0. The normalized spacial score (nSPS) is 15.8. The average Bonchev–Trinajstić information content (AvgIpc) is 2.85. The maximum atomic E-state index is 12.6. The number of non-ortho nitro benzene ring substituents is 1. The largest absolute Gasteiger partial charge is 0.280 e. The Morgan fingerprint density at radius 1 is 1.21 bits per heavy atom. The van der Waals surface area contributed by atoms with Crippen LogP contribution in [0.15, 0.2) is 59.2 Å². The number of nitro benzene ring substituents is 1. The van der Waals surface area contributed by atoms with Gasteiger partial charge in [-0.2, -0.15) is 10.1 Å². The summed E-state index contributed by atoms with van der Waals surface area (Å²) in [4.78, 5) is 23.0. The molecule has 1 aliphatic rings. The van der Waals surface area contributed by atoms with E-state index in [0.29, 0.717) is 27.6 Å². The van der Waals surface area contributed by atoms with Crippen LogP contribution in [0.3, 0.4) is 0 Å². The molecular formula is C17H12ClN3O3. The predicted octanol–water partition coefficient (Wildman–Crippen LogP) is 4.05. The molecule has 0 aliphatic carbocycles. The van der Waals surface area contributed by atoms with Gasteiger partial charge in [-0.05, 0) is 31.2 Å². The van der Waals surface area contributed by atoms with Crippen molar-refractivity contribution in [2.75, 3.05) is 5.01 Å². The number of halogens is 1. The van der Waals surface area contributed by atoms with Gasteiger partial charge in [0, 0.05) is 22.7 Å². The Morgan fingerprint density at radius 3 is 2.58 bits per heavy atom. The van der Waals surface area contributed by atoms with Crippen LogP contribution in [-0.2, 0) is 4.79 Å². The predicted molar refractivity (Wildman–Crippen MR) is 93.1 cm³/mol. The summed E-state index contributed by atoms with van der Waals surface area (Å²) in [6.45, 7) is 1.71. The van der Waals surface area contributed by atoms with Gasteiger partial charge in [0.05, 0.1) is 21.9 Å². The van der Waals surface area contributed by atoms with Crippen molar-refractivity contribution in [3.05, 3.63) is 74.8 Å². The van der Waals surface area contributed by atoms with Gasteiger partial charge in [0.25, 0.3) is 11.6 Å². The summed E-state index contributed by atoms with van der Waals surface area (Å²) in [6.07, 6.45) is 1.53. The molecule has 0 unspecified atom stereocenters. The molecule has 0 atom stereocenters. The molecule has 24 heavy (non-hydrogen) atoms. The first kappa shape index (κ1) is 15.9. The average molecular weight is 342 g/mol. The minimum absolute atomic E-state index is 0.0915. The fraction of sp³-hybridized carbons (Fsp3) is 0.0588. The number of hydrogen-bond donors (Lipinski definition) is 0. The second-order valence-corrected chi connectivity index (χ2v) is 5.57. The van der Waals surface area contributed by atoms with Crippen molar-refractivity contribution < 1.29 is 9.72 Å². The maximum Gasteiger partial charge on any atom is 0.280 e. The zero-order valence-electron chi connectivity index (χ0n) is 12.6. The molecule has 120 valence electrons. The lowest BCUT2D eigenvalue weighted by atomic mass is 10.1. The molecule has 0 saturated heterocycles. The maximum absolute atomic E-state index is 12.6. The standard InChI is InChI=1S/C17H12ClN3O3/c1-11-15(10-12-9-14(21(23)24)7-8-16(12)18)17(22)20(19-11)13-5-3-2-4-6-13/h2-10H,1H3/b15-10+. The molecule has 0 bridgehead atoms. The molecule has 1 amide bonds. The fourth-order valence-electron chi connectivity index (χ4n) is 2.34. The number of carbonyl (C=O) groups is 1. The van der Waals surface area contributed by atoms with Gasteiger partial charge in [-0.3, -0.25) is 14.9 Å².